The van der Waals surface area contributed by atoms with Crippen LogP contribution in [0.25, 0.3) is 10.9 Å². The zero-order valence-corrected chi connectivity index (χ0v) is 17.2. The first-order valence-electron chi connectivity index (χ1n) is 9.03. The molecule has 0 aliphatic heterocycles. The van der Waals surface area contributed by atoms with E-state index in [0.29, 0.717) is 23.8 Å². The summed E-state index contributed by atoms with van der Waals surface area (Å²) in [7, 11) is 2.51. The summed E-state index contributed by atoms with van der Waals surface area (Å²) in [5.41, 5.74) is 2.63. The standard InChI is InChI=1S/C21H20FN3O4S/c1-28-19(26)13-7-14(20(27)29-2)9-16(8-13)25-21(30)23-6-5-12-11-24-18-4-3-15(22)10-17(12)18/h3-4,7-11,24H,5-6H2,1-2H3,(H2,23,25,30). The molecule has 3 aromatic rings. The fourth-order valence-corrected chi connectivity index (χ4v) is 3.23. The summed E-state index contributed by atoms with van der Waals surface area (Å²) in [6.07, 6.45) is 2.45. The summed E-state index contributed by atoms with van der Waals surface area (Å²) in [6.45, 7) is 0.496. The molecule has 0 bridgehead atoms. The number of aromatic amines is 1. The molecule has 0 amide bonds. The molecule has 3 rings (SSSR count). The van der Waals surface area contributed by atoms with Crippen molar-refractivity contribution in [1.82, 2.24) is 10.3 Å². The molecule has 0 unspecified atom stereocenters. The summed E-state index contributed by atoms with van der Waals surface area (Å²) in [5, 5.41) is 7.13. The van der Waals surface area contributed by atoms with E-state index in [0.717, 1.165) is 16.5 Å². The highest BCUT2D eigenvalue weighted by atomic mass is 32.1. The number of carbonyl (C=O) groups is 2. The Kier molecular flexibility index (Phi) is 6.63. The molecular formula is C21H20FN3O4S. The Hall–Kier alpha value is -3.46. The third kappa shape index (κ3) is 4.93. The van der Waals surface area contributed by atoms with Gasteiger partial charge in [-0.2, -0.15) is 0 Å². The van der Waals surface area contributed by atoms with Gasteiger partial charge in [-0.3, -0.25) is 0 Å². The van der Waals surface area contributed by atoms with Gasteiger partial charge in [0.25, 0.3) is 0 Å². The first-order valence-corrected chi connectivity index (χ1v) is 9.44. The minimum absolute atomic E-state index is 0.187. The molecule has 0 aliphatic rings. The lowest BCUT2D eigenvalue weighted by Crippen LogP contribution is -2.30. The molecule has 0 spiro atoms. The number of methoxy groups -OCH3 is 2. The van der Waals surface area contributed by atoms with Crippen LogP contribution in [-0.4, -0.2) is 42.8 Å². The van der Waals surface area contributed by atoms with Gasteiger partial charge in [0, 0.05) is 29.3 Å². The monoisotopic (exact) mass is 429 g/mol. The number of hydrogen-bond donors (Lipinski definition) is 3. The van der Waals surface area contributed by atoms with Crippen molar-refractivity contribution in [3.8, 4) is 0 Å². The van der Waals surface area contributed by atoms with Gasteiger partial charge in [0.05, 0.1) is 25.3 Å². The van der Waals surface area contributed by atoms with Crippen LogP contribution in [0.4, 0.5) is 10.1 Å². The number of aromatic nitrogens is 1. The number of H-pyrrole nitrogens is 1. The zero-order valence-electron chi connectivity index (χ0n) is 16.4. The van der Waals surface area contributed by atoms with Gasteiger partial charge in [-0.05, 0) is 60.6 Å². The molecule has 0 saturated carbocycles. The van der Waals surface area contributed by atoms with Crippen LogP contribution in [0.5, 0.6) is 0 Å². The van der Waals surface area contributed by atoms with Crippen LogP contribution in [0.2, 0.25) is 0 Å². The lowest BCUT2D eigenvalue weighted by atomic mass is 10.1. The number of hydrogen-bond acceptors (Lipinski definition) is 5. The minimum atomic E-state index is -0.589. The van der Waals surface area contributed by atoms with Crippen LogP contribution in [0.15, 0.2) is 42.6 Å². The number of carbonyl (C=O) groups excluding carboxylic acids is 2. The van der Waals surface area contributed by atoms with Gasteiger partial charge in [-0.25, -0.2) is 14.0 Å². The number of benzene rings is 2. The van der Waals surface area contributed by atoms with Crippen molar-refractivity contribution in [2.24, 2.45) is 0 Å². The lowest BCUT2D eigenvalue weighted by Gasteiger charge is -2.12. The molecule has 7 nitrogen and oxygen atoms in total. The first kappa shape index (κ1) is 21.3. The first-order chi connectivity index (χ1) is 14.4. The van der Waals surface area contributed by atoms with Gasteiger partial charge in [0.2, 0.25) is 0 Å². The number of halogens is 1. The van der Waals surface area contributed by atoms with E-state index in [4.69, 9.17) is 21.7 Å². The third-order valence-corrected chi connectivity index (χ3v) is 4.69. The number of fused-ring (bicyclic) bond motifs is 1. The average Bonchev–Trinajstić information content (AvgIpc) is 3.14. The third-order valence-electron chi connectivity index (χ3n) is 4.44. The summed E-state index contributed by atoms with van der Waals surface area (Å²) in [6, 6.07) is 9.02. The Bertz CT molecular complexity index is 1080. The molecule has 30 heavy (non-hydrogen) atoms. The van der Waals surface area contributed by atoms with Crippen LogP contribution >= 0.6 is 12.2 Å². The smallest absolute Gasteiger partial charge is 0.337 e. The molecule has 2 aromatic carbocycles. The van der Waals surface area contributed by atoms with E-state index in [1.54, 1.807) is 6.07 Å². The maximum atomic E-state index is 13.5. The van der Waals surface area contributed by atoms with Crippen molar-refractivity contribution in [2.75, 3.05) is 26.1 Å². The fourth-order valence-electron chi connectivity index (χ4n) is 3.01. The van der Waals surface area contributed by atoms with Gasteiger partial charge in [0.15, 0.2) is 5.11 Å². The second-order valence-corrected chi connectivity index (χ2v) is 6.83. The molecule has 0 fully saturated rings. The number of thiocarbonyl (C=S) groups is 1. The van der Waals surface area contributed by atoms with E-state index in [2.05, 4.69) is 15.6 Å². The molecule has 3 N–H and O–H groups in total. The normalized spacial score (nSPS) is 10.5. The Labute approximate surface area is 177 Å². The van der Waals surface area contributed by atoms with Gasteiger partial charge >= 0.3 is 11.9 Å². The van der Waals surface area contributed by atoms with E-state index in [1.807, 2.05) is 6.20 Å². The average molecular weight is 429 g/mol. The fraction of sp³-hybridized carbons (Fsp3) is 0.190. The van der Waals surface area contributed by atoms with Crippen LogP contribution in [0, 0.1) is 5.82 Å². The van der Waals surface area contributed by atoms with Gasteiger partial charge in [-0.1, -0.05) is 0 Å². The molecule has 9 heteroatoms. The molecular weight excluding hydrogens is 409 g/mol. The van der Waals surface area contributed by atoms with Crippen LogP contribution in [-0.2, 0) is 15.9 Å². The SMILES string of the molecule is COC(=O)c1cc(NC(=S)NCCc2c[nH]c3ccc(F)cc23)cc(C(=O)OC)c1. The molecule has 0 radical (unpaired) electrons. The predicted octanol–water partition coefficient (Wildman–Crippen LogP) is 3.41. The quantitative estimate of drug-likeness (QED) is 0.408. The van der Waals surface area contributed by atoms with Gasteiger partial charge in [0.1, 0.15) is 5.82 Å². The Morgan fingerprint density at radius 2 is 1.73 bits per heavy atom. The second kappa shape index (κ2) is 9.36. The van der Waals surface area contributed by atoms with E-state index in [-0.39, 0.29) is 16.9 Å². The molecule has 156 valence electrons. The number of nitrogens with one attached hydrogen (secondary N) is 3. The lowest BCUT2D eigenvalue weighted by molar-refractivity contribution is 0.0599. The predicted molar refractivity (Wildman–Crippen MR) is 115 cm³/mol. The van der Waals surface area contributed by atoms with Crippen molar-refractivity contribution < 1.29 is 23.5 Å². The summed E-state index contributed by atoms with van der Waals surface area (Å²) >= 11 is 5.30. The topological polar surface area (TPSA) is 92.5 Å². The van der Waals surface area contributed by atoms with E-state index >= 15 is 0 Å². The van der Waals surface area contributed by atoms with Crippen molar-refractivity contribution in [1.29, 1.82) is 0 Å². The maximum absolute atomic E-state index is 13.5. The summed E-state index contributed by atoms with van der Waals surface area (Å²) < 4.78 is 22.9. The highest BCUT2D eigenvalue weighted by Crippen LogP contribution is 2.20. The highest BCUT2D eigenvalue weighted by Gasteiger charge is 2.14. The minimum Gasteiger partial charge on any atom is -0.465 e. The van der Waals surface area contributed by atoms with Gasteiger partial charge < -0.3 is 25.1 Å². The zero-order chi connectivity index (χ0) is 21.7. The van der Waals surface area contributed by atoms with Crippen molar-refractivity contribution in [3.63, 3.8) is 0 Å². The maximum Gasteiger partial charge on any atom is 0.337 e. The van der Waals surface area contributed by atoms with E-state index in [1.165, 1.54) is 44.6 Å². The number of anilines is 1. The largest absolute Gasteiger partial charge is 0.465 e. The van der Waals surface area contributed by atoms with Crippen LogP contribution < -0.4 is 10.6 Å². The molecule has 1 heterocycles. The second-order valence-electron chi connectivity index (χ2n) is 6.42. The number of rotatable bonds is 6. The van der Waals surface area contributed by atoms with Crippen LogP contribution in [0.3, 0.4) is 0 Å². The van der Waals surface area contributed by atoms with Gasteiger partial charge in [-0.15, -0.1) is 0 Å². The van der Waals surface area contributed by atoms with Crippen molar-refractivity contribution in [2.45, 2.75) is 6.42 Å². The summed E-state index contributed by atoms with van der Waals surface area (Å²) in [4.78, 5) is 26.8. The summed E-state index contributed by atoms with van der Waals surface area (Å²) in [5.74, 6) is -1.47. The Balaban J connectivity index is 1.65. The van der Waals surface area contributed by atoms with Crippen LogP contribution in [0.1, 0.15) is 26.3 Å². The number of ether oxygens (including phenoxy) is 2. The number of esters is 2. The van der Waals surface area contributed by atoms with Crippen molar-refractivity contribution >= 4 is 45.9 Å². The Morgan fingerprint density at radius 1 is 1.07 bits per heavy atom. The Morgan fingerprint density at radius 3 is 2.37 bits per heavy atom. The highest BCUT2D eigenvalue weighted by molar-refractivity contribution is 7.80. The molecule has 1 aromatic heterocycles. The molecule has 0 atom stereocenters. The van der Waals surface area contributed by atoms with Crippen molar-refractivity contribution in [3.05, 3.63) is 65.1 Å². The molecule has 0 saturated heterocycles. The van der Waals surface area contributed by atoms with E-state index < -0.39 is 11.9 Å². The van der Waals surface area contributed by atoms with E-state index in [9.17, 15) is 14.0 Å². The molecule has 0 aliphatic carbocycles.